The SMILES string of the molecule is CCCC(C)CC(C)CC1Cc2ccc(F)cc2/C1=N/S. The van der Waals surface area contributed by atoms with E-state index in [0.29, 0.717) is 11.8 Å². The maximum atomic E-state index is 13.4. The van der Waals surface area contributed by atoms with Crippen LogP contribution in [0.5, 0.6) is 0 Å². The summed E-state index contributed by atoms with van der Waals surface area (Å²) in [5.74, 6) is 1.65. The minimum Gasteiger partial charge on any atom is -0.224 e. The summed E-state index contributed by atoms with van der Waals surface area (Å²) >= 11 is 4.13. The van der Waals surface area contributed by atoms with Crippen LogP contribution in [0.25, 0.3) is 0 Å². The first-order valence-electron chi connectivity index (χ1n) is 8.05. The zero-order valence-corrected chi connectivity index (χ0v) is 14.2. The molecule has 0 spiro atoms. The van der Waals surface area contributed by atoms with Crippen molar-refractivity contribution in [1.29, 1.82) is 0 Å². The molecule has 3 unspecified atom stereocenters. The highest BCUT2D eigenvalue weighted by molar-refractivity contribution is 7.79. The van der Waals surface area contributed by atoms with Crippen LogP contribution in [0.4, 0.5) is 4.39 Å². The lowest BCUT2D eigenvalue weighted by Gasteiger charge is -2.20. The van der Waals surface area contributed by atoms with E-state index in [1.165, 1.54) is 24.8 Å². The van der Waals surface area contributed by atoms with Crippen LogP contribution in [0, 0.1) is 23.6 Å². The van der Waals surface area contributed by atoms with Gasteiger partial charge in [-0.05, 0) is 61.6 Å². The van der Waals surface area contributed by atoms with Crippen molar-refractivity contribution in [3.63, 3.8) is 0 Å². The molecule has 0 radical (unpaired) electrons. The highest BCUT2D eigenvalue weighted by atomic mass is 32.1. The molecule has 0 bridgehead atoms. The third-order valence-corrected chi connectivity index (χ3v) is 4.80. The van der Waals surface area contributed by atoms with E-state index in [0.717, 1.165) is 30.0 Å². The van der Waals surface area contributed by atoms with Crippen molar-refractivity contribution < 1.29 is 4.39 Å². The molecule has 1 aliphatic rings. The first-order chi connectivity index (χ1) is 10.0. The second-order valence-electron chi connectivity index (χ2n) is 6.66. The summed E-state index contributed by atoms with van der Waals surface area (Å²) in [4.78, 5) is 0. The smallest absolute Gasteiger partial charge is 0.123 e. The molecule has 21 heavy (non-hydrogen) atoms. The molecular formula is C18H26FNS. The van der Waals surface area contributed by atoms with Crippen molar-refractivity contribution in [3.8, 4) is 0 Å². The van der Waals surface area contributed by atoms with Crippen LogP contribution in [-0.2, 0) is 6.42 Å². The van der Waals surface area contributed by atoms with Gasteiger partial charge in [0.2, 0.25) is 0 Å². The van der Waals surface area contributed by atoms with Crippen molar-refractivity contribution >= 4 is 18.5 Å². The van der Waals surface area contributed by atoms with Crippen molar-refractivity contribution in [2.24, 2.45) is 22.2 Å². The summed E-state index contributed by atoms with van der Waals surface area (Å²) in [7, 11) is 0. The highest BCUT2D eigenvalue weighted by Crippen LogP contribution is 2.34. The van der Waals surface area contributed by atoms with E-state index < -0.39 is 0 Å². The largest absolute Gasteiger partial charge is 0.224 e. The summed E-state index contributed by atoms with van der Waals surface area (Å²) in [6.45, 7) is 6.91. The summed E-state index contributed by atoms with van der Waals surface area (Å²) in [5.41, 5.74) is 3.15. The number of hydrogen-bond donors (Lipinski definition) is 1. The lowest BCUT2D eigenvalue weighted by Crippen LogP contribution is -2.15. The Bertz CT molecular complexity index is 512. The Balaban J connectivity index is 2.02. The third kappa shape index (κ3) is 4.09. The predicted molar refractivity (Wildman–Crippen MR) is 91.6 cm³/mol. The number of rotatable bonds is 6. The highest BCUT2D eigenvalue weighted by Gasteiger charge is 2.30. The maximum absolute atomic E-state index is 13.4. The van der Waals surface area contributed by atoms with Crippen molar-refractivity contribution in [2.45, 2.75) is 52.9 Å². The van der Waals surface area contributed by atoms with Gasteiger partial charge in [0.25, 0.3) is 0 Å². The van der Waals surface area contributed by atoms with Crippen LogP contribution in [-0.4, -0.2) is 5.71 Å². The number of benzene rings is 1. The average molecular weight is 307 g/mol. The van der Waals surface area contributed by atoms with E-state index in [2.05, 4.69) is 38.0 Å². The Labute approximate surface area is 133 Å². The summed E-state index contributed by atoms with van der Waals surface area (Å²) < 4.78 is 17.6. The van der Waals surface area contributed by atoms with Gasteiger partial charge in [-0.1, -0.05) is 39.7 Å². The number of nitrogens with zero attached hydrogens (tertiary/aromatic N) is 1. The van der Waals surface area contributed by atoms with Crippen LogP contribution in [0.2, 0.25) is 0 Å². The van der Waals surface area contributed by atoms with Crippen molar-refractivity contribution in [2.75, 3.05) is 0 Å². The van der Waals surface area contributed by atoms with Gasteiger partial charge in [0.05, 0.1) is 5.71 Å². The van der Waals surface area contributed by atoms with Gasteiger partial charge in [-0.25, -0.2) is 8.79 Å². The van der Waals surface area contributed by atoms with Gasteiger partial charge in [-0.15, -0.1) is 0 Å². The van der Waals surface area contributed by atoms with Crippen LogP contribution >= 0.6 is 12.8 Å². The molecule has 0 fully saturated rings. The molecule has 2 rings (SSSR count). The molecule has 3 atom stereocenters. The molecule has 0 saturated heterocycles. The fraction of sp³-hybridized carbons (Fsp3) is 0.611. The van der Waals surface area contributed by atoms with Crippen LogP contribution in [0.3, 0.4) is 0 Å². The van der Waals surface area contributed by atoms with E-state index in [-0.39, 0.29) is 5.82 Å². The topological polar surface area (TPSA) is 12.4 Å². The Morgan fingerprint density at radius 1 is 1.33 bits per heavy atom. The molecule has 0 aromatic heterocycles. The Kier molecular flexibility index (Phi) is 5.86. The van der Waals surface area contributed by atoms with Gasteiger partial charge >= 0.3 is 0 Å². The quantitative estimate of drug-likeness (QED) is 0.668. The number of hydrogen-bond acceptors (Lipinski definition) is 2. The van der Waals surface area contributed by atoms with E-state index in [1.54, 1.807) is 12.1 Å². The molecule has 1 aromatic rings. The number of fused-ring (bicyclic) bond motifs is 1. The molecule has 0 heterocycles. The zero-order valence-electron chi connectivity index (χ0n) is 13.3. The predicted octanol–water partition coefficient (Wildman–Crippen LogP) is 5.48. The Morgan fingerprint density at radius 2 is 2.10 bits per heavy atom. The van der Waals surface area contributed by atoms with Crippen LogP contribution in [0.15, 0.2) is 22.6 Å². The second kappa shape index (κ2) is 7.44. The molecule has 1 aliphatic carbocycles. The lowest BCUT2D eigenvalue weighted by molar-refractivity contribution is 0.354. The van der Waals surface area contributed by atoms with Gasteiger partial charge < -0.3 is 0 Å². The Hall–Kier alpha value is -0.830. The summed E-state index contributed by atoms with van der Waals surface area (Å²) in [5, 5.41) is 0. The second-order valence-corrected chi connectivity index (χ2v) is 6.86. The molecule has 0 aliphatic heterocycles. The minimum absolute atomic E-state index is 0.187. The molecule has 116 valence electrons. The minimum atomic E-state index is -0.187. The third-order valence-electron chi connectivity index (χ3n) is 4.58. The Morgan fingerprint density at radius 3 is 2.76 bits per heavy atom. The van der Waals surface area contributed by atoms with Crippen LogP contribution < -0.4 is 0 Å². The first kappa shape index (κ1) is 16.5. The monoisotopic (exact) mass is 307 g/mol. The van der Waals surface area contributed by atoms with E-state index in [1.807, 2.05) is 6.07 Å². The van der Waals surface area contributed by atoms with Crippen molar-refractivity contribution in [3.05, 3.63) is 35.1 Å². The molecule has 0 N–H and O–H groups in total. The molecule has 1 nitrogen and oxygen atoms in total. The first-order valence-corrected chi connectivity index (χ1v) is 8.45. The van der Waals surface area contributed by atoms with E-state index in [4.69, 9.17) is 0 Å². The molecule has 3 heteroatoms. The molecule has 0 saturated carbocycles. The fourth-order valence-corrected chi connectivity index (χ4v) is 4.03. The fourth-order valence-electron chi connectivity index (χ4n) is 3.76. The van der Waals surface area contributed by atoms with Gasteiger partial charge in [-0.2, -0.15) is 0 Å². The van der Waals surface area contributed by atoms with Gasteiger partial charge in [0.15, 0.2) is 0 Å². The van der Waals surface area contributed by atoms with E-state index >= 15 is 0 Å². The maximum Gasteiger partial charge on any atom is 0.123 e. The average Bonchev–Trinajstić information content (AvgIpc) is 2.74. The molecular weight excluding hydrogens is 281 g/mol. The van der Waals surface area contributed by atoms with Gasteiger partial charge in [0, 0.05) is 11.5 Å². The number of halogens is 1. The normalized spacial score (nSPS) is 22.3. The summed E-state index contributed by atoms with van der Waals surface area (Å²) in [6.07, 6.45) is 5.90. The lowest BCUT2D eigenvalue weighted by atomic mass is 9.85. The summed E-state index contributed by atoms with van der Waals surface area (Å²) in [6, 6.07) is 5.05. The van der Waals surface area contributed by atoms with E-state index in [9.17, 15) is 4.39 Å². The van der Waals surface area contributed by atoms with Crippen LogP contribution in [0.1, 0.15) is 57.6 Å². The van der Waals surface area contributed by atoms with Gasteiger partial charge in [0.1, 0.15) is 5.82 Å². The zero-order chi connectivity index (χ0) is 15.4. The molecule has 1 aromatic carbocycles. The van der Waals surface area contributed by atoms with Gasteiger partial charge in [-0.3, -0.25) is 0 Å². The molecule has 0 amide bonds. The number of thiol groups is 1. The standard InChI is InChI=1S/C18H26FNS/c1-4-5-12(2)8-13(3)9-15-10-14-6-7-16(19)11-17(14)18(15)20-21/h6-7,11-13,15,21H,4-5,8-10H2,1-3H3/b20-18+. The van der Waals surface area contributed by atoms with Crippen molar-refractivity contribution in [1.82, 2.24) is 0 Å².